The molecule has 0 radical (unpaired) electrons. The van der Waals surface area contributed by atoms with Crippen molar-refractivity contribution >= 4 is 12.0 Å². The number of carbonyl (C=O) groups excluding carboxylic acids is 2. The molecule has 5 nitrogen and oxygen atoms in total. The molecule has 0 saturated carbocycles. The molecule has 142 valence electrons. The van der Waals surface area contributed by atoms with E-state index in [0.717, 1.165) is 19.3 Å². The summed E-state index contributed by atoms with van der Waals surface area (Å²) in [6, 6.07) is 16.5. The number of alkyl carbamates (subject to hydrolysis) is 1. The monoisotopic (exact) mass is 366 g/mol. The number of carbonyl (C=O) groups is 2. The van der Waals surface area contributed by atoms with Gasteiger partial charge in [-0.15, -0.1) is 0 Å². The second-order valence-corrected chi connectivity index (χ2v) is 7.05. The summed E-state index contributed by atoms with van der Waals surface area (Å²) in [4.78, 5) is 23.0. The molecule has 1 aliphatic rings. The first kappa shape index (κ1) is 19.0. The first-order chi connectivity index (χ1) is 13.1. The summed E-state index contributed by atoms with van der Waals surface area (Å²) < 4.78 is 5.48. The van der Waals surface area contributed by atoms with Gasteiger partial charge < -0.3 is 15.8 Å². The van der Waals surface area contributed by atoms with Crippen LogP contribution >= 0.6 is 0 Å². The van der Waals surface area contributed by atoms with Crippen LogP contribution in [0.4, 0.5) is 4.79 Å². The third kappa shape index (κ3) is 4.48. The summed E-state index contributed by atoms with van der Waals surface area (Å²) >= 11 is 0. The normalized spacial score (nSPS) is 13.5. The minimum Gasteiger partial charge on any atom is -0.449 e. The number of fused-ring (bicyclic) bond motifs is 3. The molecule has 1 atom stereocenters. The van der Waals surface area contributed by atoms with Gasteiger partial charge in [-0.2, -0.15) is 0 Å². The number of hydrogen-bond donors (Lipinski definition) is 2. The van der Waals surface area contributed by atoms with Crippen LogP contribution in [-0.2, 0) is 9.53 Å². The average molecular weight is 366 g/mol. The molecule has 0 aliphatic heterocycles. The maximum Gasteiger partial charge on any atom is 0.407 e. The topological polar surface area (TPSA) is 81.4 Å². The highest BCUT2D eigenvalue weighted by Crippen LogP contribution is 2.44. The van der Waals surface area contributed by atoms with Crippen molar-refractivity contribution in [3.05, 3.63) is 59.7 Å². The van der Waals surface area contributed by atoms with E-state index in [2.05, 4.69) is 29.6 Å². The quantitative estimate of drug-likeness (QED) is 0.697. The van der Waals surface area contributed by atoms with Crippen LogP contribution in [0.1, 0.15) is 43.2 Å². The first-order valence-electron chi connectivity index (χ1n) is 9.46. The third-order valence-electron chi connectivity index (χ3n) is 5.16. The lowest BCUT2D eigenvalue weighted by Gasteiger charge is -2.14. The number of rotatable bonds is 8. The predicted molar refractivity (Wildman–Crippen MR) is 105 cm³/mol. The van der Waals surface area contributed by atoms with Crippen molar-refractivity contribution in [3.63, 3.8) is 0 Å². The van der Waals surface area contributed by atoms with Gasteiger partial charge in [-0.3, -0.25) is 4.79 Å². The Labute approximate surface area is 159 Å². The highest BCUT2D eigenvalue weighted by atomic mass is 16.5. The van der Waals surface area contributed by atoms with Gasteiger partial charge in [0, 0.05) is 18.4 Å². The number of benzene rings is 2. The Morgan fingerprint density at radius 2 is 1.63 bits per heavy atom. The highest BCUT2D eigenvalue weighted by molar-refractivity contribution is 5.79. The van der Waals surface area contributed by atoms with Gasteiger partial charge in [0.05, 0.1) is 0 Å². The van der Waals surface area contributed by atoms with E-state index in [0.29, 0.717) is 13.2 Å². The lowest BCUT2D eigenvalue weighted by Crippen LogP contribution is -2.27. The van der Waals surface area contributed by atoms with E-state index in [4.69, 9.17) is 10.5 Å². The number of ether oxygens (including phenoxy) is 1. The van der Waals surface area contributed by atoms with E-state index in [9.17, 15) is 9.59 Å². The van der Waals surface area contributed by atoms with Gasteiger partial charge in [-0.25, -0.2) is 4.79 Å². The molecule has 5 heteroatoms. The van der Waals surface area contributed by atoms with Crippen LogP contribution in [0.5, 0.6) is 0 Å². The Balaban J connectivity index is 1.48. The van der Waals surface area contributed by atoms with Gasteiger partial charge in [0.1, 0.15) is 6.61 Å². The van der Waals surface area contributed by atoms with Gasteiger partial charge in [-0.1, -0.05) is 61.9 Å². The molecule has 1 aliphatic carbocycles. The summed E-state index contributed by atoms with van der Waals surface area (Å²) in [6.45, 7) is 2.67. The first-order valence-corrected chi connectivity index (χ1v) is 9.46. The molecular formula is C22H26N2O3. The summed E-state index contributed by atoms with van der Waals surface area (Å²) in [5, 5.41) is 2.78. The standard InChI is InChI=1S/C22H26N2O3/c1-15(21(23)25)8-6-7-13-24-22(26)27-14-20-18-11-4-2-9-16(18)17-10-3-5-12-19(17)20/h2-5,9-12,15,20H,6-8,13-14H2,1H3,(H2,23,25)(H,24,26)/t15-/m0/s1. The van der Waals surface area contributed by atoms with Crippen LogP contribution in [0.3, 0.4) is 0 Å². The summed E-state index contributed by atoms with van der Waals surface area (Å²) in [5.41, 5.74) is 10.1. The zero-order valence-corrected chi connectivity index (χ0v) is 15.6. The van der Waals surface area contributed by atoms with Crippen molar-refractivity contribution in [1.82, 2.24) is 5.32 Å². The highest BCUT2D eigenvalue weighted by Gasteiger charge is 2.28. The molecule has 0 fully saturated rings. The third-order valence-corrected chi connectivity index (χ3v) is 5.16. The lowest BCUT2D eigenvalue weighted by atomic mass is 9.98. The fourth-order valence-electron chi connectivity index (χ4n) is 3.56. The lowest BCUT2D eigenvalue weighted by molar-refractivity contribution is -0.121. The molecule has 0 spiro atoms. The van der Waals surface area contributed by atoms with Crippen LogP contribution in [0.2, 0.25) is 0 Å². The van der Waals surface area contributed by atoms with E-state index in [1.165, 1.54) is 22.3 Å². The second-order valence-electron chi connectivity index (χ2n) is 7.05. The SMILES string of the molecule is C[C@@H](CCCCNC(=O)OCC1c2ccccc2-c2ccccc21)C(N)=O. The van der Waals surface area contributed by atoms with Crippen molar-refractivity contribution < 1.29 is 14.3 Å². The molecule has 0 heterocycles. The Morgan fingerprint density at radius 3 is 2.22 bits per heavy atom. The minimum absolute atomic E-state index is 0.0690. The maximum absolute atomic E-state index is 12.0. The van der Waals surface area contributed by atoms with E-state index < -0.39 is 6.09 Å². The number of amides is 2. The number of hydrogen-bond acceptors (Lipinski definition) is 3. The molecule has 0 bridgehead atoms. The van der Waals surface area contributed by atoms with Crippen molar-refractivity contribution in [2.45, 2.75) is 32.1 Å². The number of unbranched alkanes of at least 4 members (excludes halogenated alkanes) is 1. The van der Waals surface area contributed by atoms with Gasteiger partial charge in [0.2, 0.25) is 5.91 Å². The van der Waals surface area contributed by atoms with Gasteiger partial charge in [0.15, 0.2) is 0 Å². The van der Waals surface area contributed by atoms with E-state index in [1.807, 2.05) is 31.2 Å². The van der Waals surface area contributed by atoms with E-state index >= 15 is 0 Å². The predicted octanol–water partition coefficient (Wildman–Crippen LogP) is 3.82. The molecule has 2 amide bonds. The molecule has 27 heavy (non-hydrogen) atoms. The zero-order chi connectivity index (χ0) is 19.2. The molecule has 0 aromatic heterocycles. The molecule has 2 aromatic carbocycles. The minimum atomic E-state index is -0.403. The van der Waals surface area contributed by atoms with Crippen molar-refractivity contribution in [2.24, 2.45) is 11.7 Å². The average Bonchev–Trinajstić information content (AvgIpc) is 3.00. The molecule has 3 rings (SSSR count). The zero-order valence-electron chi connectivity index (χ0n) is 15.6. The second kappa shape index (κ2) is 8.71. The molecular weight excluding hydrogens is 340 g/mol. The van der Waals surface area contributed by atoms with E-state index in [-0.39, 0.29) is 17.7 Å². The molecule has 0 saturated heterocycles. The number of nitrogens with two attached hydrogens (primary N) is 1. The van der Waals surface area contributed by atoms with E-state index in [1.54, 1.807) is 0 Å². The van der Waals surface area contributed by atoms with Crippen molar-refractivity contribution in [1.29, 1.82) is 0 Å². The Bertz CT molecular complexity index is 773. The summed E-state index contributed by atoms with van der Waals surface area (Å²) in [6.07, 6.45) is 1.97. The summed E-state index contributed by atoms with van der Waals surface area (Å²) in [5.74, 6) is -0.335. The molecule has 0 unspecified atom stereocenters. The smallest absolute Gasteiger partial charge is 0.407 e. The van der Waals surface area contributed by atoms with Gasteiger partial charge >= 0.3 is 6.09 Å². The fourth-order valence-corrected chi connectivity index (χ4v) is 3.56. The van der Waals surface area contributed by atoms with Crippen molar-refractivity contribution in [3.8, 4) is 11.1 Å². The van der Waals surface area contributed by atoms with Crippen LogP contribution in [0.25, 0.3) is 11.1 Å². The van der Waals surface area contributed by atoms with Gasteiger partial charge in [-0.05, 0) is 35.1 Å². The number of primary amides is 1. The molecule has 2 aromatic rings. The van der Waals surface area contributed by atoms with Crippen LogP contribution in [-0.4, -0.2) is 25.2 Å². The maximum atomic E-state index is 12.0. The van der Waals surface area contributed by atoms with Crippen LogP contribution < -0.4 is 11.1 Å². The van der Waals surface area contributed by atoms with Gasteiger partial charge in [0.25, 0.3) is 0 Å². The Hall–Kier alpha value is -2.82. The van der Waals surface area contributed by atoms with Crippen molar-refractivity contribution in [2.75, 3.05) is 13.2 Å². The van der Waals surface area contributed by atoms with Crippen LogP contribution in [0.15, 0.2) is 48.5 Å². The number of nitrogens with one attached hydrogen (secondary N) is 1. The fraction of sp³-hybridized carbons (Fsp3) is 0.364. The molecule has 3 N–H and O–H groups in total. The largest absolute Gasteiger partial charge is 0.449 e. The Kier molecular flexibility index (Phi) is 6.12. The van der Waals surface area contributed by atoms with Crippen LogP contribution in [0, 0.1) is 5.92 Å². The Morgan fingerprint density at radius 1 is 1.04 bits per heavy atom. The summed E-state index contributed by atoms with van der Waals surface area (Å²) in [7, 11) is 0.